The van der Waals surface area contributed by atoms with Gasteiger partial charge in [-0.05, 0) is 67.9 Å². The third-order valence-electron chi connectivity index (χ3n) is 9.29. The summed E-state index contributed by atoms with van der Waals surface area (Å²) >= 11 is 0. The van der Waals surface area contributed by atoms with Crippen molar-refractivity contribution in [2.24, 2.45) is 11.8 Å². The molecule has 0 amide bonds. The van der Waals surface area contributed by atoms with E-state index in [1.165, 1.54) is 19.3 Å². The van der Waals surface area contributed by atoms with E-state index in [0.717, 1.165) is 19.3 Å². The van der Waals surface area contributed by atoms with Crippen molar-refractivity contribution in [1.82, 2.24) is 0 Å². The standard InChI is InChI=1S/C27H55FO4Si2/c1-12-13-14-15-19(31-33(8,9)26(2,3)4)16-17-20-21(32-34(10,11)27(5,6)7)18-22-23(20)24(28)25(29)30-22/h19-25,29H,12-18H2,1-11H3/t19?,20-,21+,22-,23+,24-,25?/m0/s1. The predicted octanol–water partition coefficient (Wildman–Crippen LogP) is 7.82. The summed E-state index contributed by atoms with van der Waals surface area (Å²) in [5.74, 6) is -0.225. The second-order valence-corrected chi connectivity index (χ2v) is 23.5. The number of aliphatic hydroxyl groups excluding tert-OH is 1. The van der Waals surface area contributed by atoms with Crippen LogP contribution in [0.2, 0.25) is 36.3 Å². The highest BCUT2D eigenvalue weighted by Gasteiger charge is 2.57. The van der Waals surface area contributed by atoms with E-state index in [1.807, 2.05) is 0 Å². The van der Waals surface area contributed by atoms with Crippen molar-refractivity contribution in [2.45, 2.75) is 160 Å². The fourth-order valence-corrected chi connectivity index (χ4v) is 7.85. The van der Waals surface area contributed by atoms with E-state index in [-0.39, 0.29) is 40.2 Å². The molecule has 0 bridgehead atoms. The fourth-order valence-electron chi connectivity index (χ4n) is 5.04. The molecule has 2 rings (SSSR count). The van der Waals surface area contributed by atoms with Crippen LogP contribution < -0.4 is 0 Å². The highest BCUT2D eigenvalue weighted by molar-refractivity contribution is 6.74. The molecule has 0 aromatic heterocycles. The Kier molecular flexibility index (Phi) is 10.1. The molecule has 2 aliphatic rings. The number of ether oxygens (including phenoxy) is 1. The number of fused-ring (bicyclic) bond motifs is 1. The number of hydrogen-bond acceptors (Lipinski definition) is 4. The quantitative estimate of drug-likeness (QED) is 0.224. The van der Waals surface area contributed by atoms with Crippen LogP contribution >= 0.6 is 0 Å². The van der Waals surface area contributed by atoms with Gasteiger partial charge in [0.15, 0.2) is 29.1 Å². The minimum atomic E-state index is -2.01. The number of unbranched alkanes of at least 4 members (excludes halogenated alkanes) is 2. The van der Waals surface area contributed by atoms with Crippen molar-refractivity contribution in [3.8, 4) is 0 Å². The van der Waals surface area contributed by atoms with Gasteiger partial charge in [-0.1, -0.05) is 67.7 Å². The fraction of sp³-hybridized carbons (Fsp3) is 1.00. The van der Waals surface area contributed by atoms with Gasteiger partial charge in [0.2, 0.25) is 0 Å². The van der Waals surface area contributed by atoms with E-state index >= 15 is 4.39 Å². The van der Waals surface area contributed by atoms with Crippen molar-refractivity contribution >= 4 is 16.6 Å². The molecule has 0 aromatic rings. The Labute approximate surface area is 212 Å². The molecule has 1 aliphatic carbocycles. The lowest BCUT2D eigenvalue weighted by Crippen LogP contribution is -2.46. The molecule has 4 nitrogen and oxygen atoms in total. The average molecular weight is 519 g/mol. The van der Waals surface area contributed by atoms with Crippen LogP contribution in [0.1, 0.15) is 93.4 Å². The summed E-state index contributed by atoms with van der Waals surface area (Å²) in [6, 6.07) is 0. The maximum absolute atomic E-state index is 15.1. The summed E-state index contributed by atoms with van der Waals surface area (Å²) in [7, 11) is -3.91. The Balaban J connectivity index is 2.20. The normalized spacial score (nSPS) is 31.7. The lowest BCUT2D eigenvalue weighted by molar-refractivity contribution is -0.117. The number of aliphatic hydroxyl groups is 1. The van der Waals surface area contributed by atoms with Gasteiger partial charge in [-0.2, -0.15) is 0 Å². The molecule has 202 valence electrons. The number of halogens is 1. The number of alkyl halides is 1. The molecular weight excluding hydrogens is 463 g/mol. The van der Waals surface area contributed by atoms with Crippen molar-refractivity contribution in [3.05, 3.63) is 0 Å². The Morgan fingerprint density at radius 2 is 1.56 bits per heavy atom. The summed E-state index contributed by atoms with van der Waals surface area (Å²) in [4.78, 5) is 0. The van der Waals surface area contributed by atoms with Crippen molar-refractivity contribution in [1.29, 1.82) is 0 Å². The summed E-state index contributed by atoms with van der Waals surface area (Å²) in [5.41, 5.74) is 0. The molecule has 7 heteroatoms. The first kappa shape index (κ1) is 30.4. The maximum Gasteiger partial charge on any atom is 0.192 e. The predicted molar refractivity (Wildman–Crippen MR) is 145 cm³/mol. The number of rotatable bonds is 11. The third kappa shape index (κ3) is 7.15. The van der Waals surface area contributed by atoms with Crippen LogP contribution in [0.3, 0.4) is 0 Å². The van der Waals surface area contributed by atoms with Crippen LogP contribution in [0.5, 0.6) is 0 Å². The van der Waals surface area contributed by atoms with E-state index in [1.54, 1.807) is 0 Å². The van der Waals surface area contributed by atoms with E-state index < -0.39 is 29.1 Å². The Bertz CT molecular complexity index is 644. The van der Waals surface area contributed by atoms with Gasteiger partial charge in [0.1, 0.15) is 0 Å². The molecule has 2 unspecified atom stereocenters. The Morgan fingerprint density at radius 3 is 2.09 bits per heavy atom. The van der Waals surface area contributed by atoms with E-state index in [2.05, 4.69) is 74.7 Å². The molecule has 1 aliphatic heterocycles. The zero-order valence-electron chi connectivity index (χ0n) is 24.0. The summed E-state index contributed by atoms with van der Waals surface area (Å²) < 4.78 is 34.5. The minimum Gasteiger partial charge on any atom is -0.414 e. The lowest BCUT2D eigenvalue weighted by atomic mass is 9.86. The van der Waals surface area contributed by atoms with Gasteiger partial charge in [0.25, 0.3) is 0 Å². The highest BCUT2D eigenvalue weighted by atomic mass is 28.4. The van der Waals surface area contributed by atoms with Crippen molar-refractivity contribution < 1.29 is 23.1 Å². The van der Waals surface area contributed by atoms with Crippen LogP contribution in [0.15, 0.2) is 0 Å². The molecule has 0 aromatic carbocycles. The first-order valence-electron chi connectivity index (χ1n) is 13.7. The van der Waals surface area contributed by atoms with Gasteiger partial charge in [-0.3, -0.25) is 0 Å². The first-order valence-corrected chi connectivity index (χ1v) is 19.6. The largest absolute Gasteiger partial charge is 0.414 e. The summed E-state index contributed by atoms with van der Waals surface area (Å²) in [5, 5.41) is 10.3. The van der Waals surface area contributed by atoms with Crippen LogP contribution in [0.25, 0.3) is 0 Å². The van der Waals surface area contributed by atoms with Crippen molar-refractivity contribution in [2.75, 3.05) is 0 Å². The molecule has 2 fully saturated rings. The molecule has 7 atom stereocenters. The molecule has 1 heterocycles. The van der Waals surface area contributed by atoms with Crippen LogP contribution in [0, 0.1) is 11.8 Å². The number of hydrogen-bond donors (Lipinski definition) is 1. The summed E-state index contributed by atoms with van der Waals surface area (Å²) in [6.07, 6.45) is 4.43. The topological polar surface area (TPSA) is 47.9 Å². The van der Waals surface area contributed by atoms with Gasteiger partial charge in [0.05, 0.1) is 12.2 Å². The molecule has 1 saturated carbocycles. The SMILES string of the molecule is CCCCCC(CC[C@@H]1[C@@H]2[C@H](C[C@H]1O[Si](C)(C)C(C)(C)C)OC(O)[C@H]2F)O[Si](C)(C)C(C)(C)C. The minimum absolute atomic E-state index is 0.00851. The van der Waals surface area contributed by atoms with Crippen LogP contribution in [-0.2, 0) is 13.6 Å². The van der Waals surface area contributed by atoms with Crippen LogP contribution in [0.4, 0.5) is 4.39 Å². The highest BCUT2D eigenvalue weighted by Crippen LogP contribution is 2.50. The molecule has 0 spiro atoms. The zero-order valence-corrected chi connectivity index (χ0v) is 26.0. The summed E-state index contributed by atoms with van der Waals surface area (Å²) in [6.45, 7) is 25.0. The monoisotopic (exact) mass is 518 g/mol. The van der Waals surface area contributed by atoms with Gasteiger partial charge in [-0.15, -0.1) is 0 Å². The lowest BCUT2D eigenvalue weighted by Gasteiger charge is -2.41. The average Bonchev–Trinajstić information content (AvgIpc) is 3.12. The zero-order chi connectivity index (χ0) is 26.1. The first-order chi connectivity index (χ1) is 15.4. The molecular formula is C27H55FO4Si2. The van der Waals surface area contributed by atoms with Crippen LogP contribution in [-0.4, -0.2) is 52.5 Å². The second kappa shape index (κ2) is 11.3. The smallest absolute Gasteiger partial charge is 0.192 e. The van der Waals surface area contributed by atoms with Gasteiger partial charge >= 0.3 is 0 Å². The van der Waals surface area contributed by atoms with E-state index in [0.29, 0.717) is 6.42 Å². The molecule has 1 saturated heterocycles. The Morgan fingerprint density at radius 1 is 0.971 bits per heavy atom. The van der Waals surface area contributed by atoms with Crippen molar-refractivity contribution in [3.63, 3.8) is 0 Å². The molecule has 0 radical (unpaired) electrons. The second-order valence-electron chi connectivity index (χ2n) is 14.0. The maximum atomic E-state index is 15.1. The van der Waals surface area contributed by atoms with Gasteiger partial charge in [-0.25, -0.2) is 4.39 Å². The third-order valence-corrected chi connectivity index (χ3v) is 18.3. The van der Waals surface area contributed by atoms with E-state index in [9.17, 15) is 5.11 Å². The molecule has 1 N–H and O–H groups in total. The van der Waals surface area contributed by atoms with Gasteiger partial charge in [0, 0.05) is 12.0 Å². The van der Waals surface area contributed by atoms with Gasteiger partial charge < -0.3 is 18.7 Å². The Hall–Kier alpha value is 0.204. The molecule has 34 heavy (non-hydrogen) atoms. The van der Waals surface area contributed by atoms with E-state index in [4.69, 9.17) is 13.6 Å².